The molecule has 0 atom stereocenters. The number of nitrogens with zero attached hydrogens (tertiary/aromatic N) is 4. The summed E-state index contributed by atoms with van der Waals surface area (Å²) in [6.07, 6.45) is 3.01. The smallest absolute Gasteiger partial charge is 0.161 e. The Balaban J connectivity index is 0.00000240. The van der Waals surface area contributed by atoms with Gasteiger partial charge in [-0.15, -0.1) is 12.4 Å². The summed E-state index contributed by atoms with van der Waals surface area (Å²) in [6.45, 7) is 1.95. The SMILES string of the molecule is COc1ccc(N(C)c2nc(C)nc3c(Cc4ccccc4)cn(C)c23)cc1.Cl. The van der Waals surface area contributed by atoms with E-state index in [1.807, 2.05) is 44.3 Å². The minimum absolute atomic E-state index is 0. The zero-order valence-corrected chi connectivity index (χ0v) is 17.9. The summed E-state index contributed by atoms with van der Waals surface area (Å²) in [5.74, 6) is 2.50. The Bertz CT molecular complexity index is 1110. The molecule has 4 aromatic rings. The molecule has 2 heterocycles. The van der Waals surface area contributed by atoms with Crippen molar-refractivity contribution in [1.82, 2.24) is 14.5 Å². The third-order valence-corrected chi connectivity index (χ3v) is 5.00. The summed E-state index contributed by atoms with van der Waals surface area (Å²) >= 11 is 0. The number of benzene rings is 2. The molecule has 0 aliphatic rings. The van der Waals surface area contributed by atoms with E-state index in [1.54, 1.807) is 7.11 Å². The quantitative estimate of drug-likeness (QED) is 0.462. The second-order valence-corrected chi connectivity index (χ2v) is 6.98. The number of hydrogen-bond donors (Lipinski definition) is 0. The fourth-order valence-corrected chi connectivity index (χ4v) is 3.57. The summed E-state index contributed by atoms with van der Waals surface area (Å²) in [7, 11) is 5.77. The number of halogens is 1. The third kappa shape index (κ3) is 4.05. The van der Waals surface area contributed by atoms with Crippen LogP contribution in [0.2, 0.25) is 0 Å². The van der Waals surface area contributed by atoms with Crippen LogP contribution in [0.4, 0.5) is 11.5 Å². The Labute approximate surface area is 177 Å². The molecular weight excluding hydrogens is 384 g/mol. The number of hydrogen-bond acceptors (Lipinski definition) is 4. The third-order valence-electron chi connectivity index (χ3n) is 5.00. The van der Waals surface area contributed by atoms with Gasteiger partial charge in [-0.25, -0.2) is 9.97 Å². The average Bonchev–Trinajstić information content (AvgIpc) is 3.02. The first-order valence-corrected chi connectivity index (χ1v) is 9.31. The van der Waals surface area contributed by atoms with E-state index in [2.05, 4.69) is 47.0 Å². The number of fused-ring (bicyclic) bond motifs is 1. The first-order valence-electron chi connectivity index (χ1n) is 9.31. The molecule has 0 fully saturated rings. The largest absolute Gasteiger partial charge is 0.497 e. The standard InChI is InChI=1S/C23H24N4O.ClH/c1-16-24-21-18(14-17-8-6-5-7-9-17)15-26(2)22(21)23(25-16)27(3)19-10-12-20(28-4)13-11-19;/h5-13,15H,14H2,1-4H3;1H. The maximum absolute atomic E-state index is 5.27. The van der Waals surface area contributed by atoms with Gasteiger partial charge in [0.05, 0.1) is 12.6 Å². The van der Waals surface area contributed by atoms with Gasteiger partial charge in [0.2, 0.25) is 0 Å². The summed E-state index contributed by atoms with van der Waals surface area (Å²) in [4.78, 5) is 11.6. The van der Waals surface area contributed by atoms with Crippen LogP contribution in [0.15, 0.2) is 60.8 Å². The molecule has 0 bridgehead atoms. The van der Waals surface area contributed by atoms with Gasteiger partial charge in [0.1, 0.15) is 17.1 Å². The first kappa shape index (κ1) is 20.7. The van der Waals surface area contributed by atoms with Crippen molar-refractivity contribution in [2.45, 2.75) is 13.3 Å². The lowest BCUT2D eigenvalue weighted by atomic mass is 10.1. The molecule has 0 unspecified atom stereocenters. The molecular formula is C23H25ClN4O. The Morgan fingerprint density at radius 2 is 1.69 bits per heavy atom. The molecule has 2 aromatic heterocycles. The highest BCUT2D eigenvalue weighted by atomic mass is 35.5. The molecule has 0 spiro atoms. The topological polar surface area (TPSA) is 43.2 Å². The lowest BCUT2D eigenvalue weighted by Gasteiger charge is -2.20. The molecule has 0 radical (unpaired) electrons. The first-order chi connectivity index (χ1) is 13.6. The van der Waals surface area contributed by atoms with E-state index in [9.17, 15) is 0 Å². The predicted octanol–water partition coefficient (Wildman–Crippen LogP) is 5.07. The highest BCUT2D eigenvalue weighted by Gasteiger charge is 2.18. The molecule has 0 aliphatic heterocycles. The van der Waals surface area contributed by atoms with Gasteiger partial charge in [-0.05, 0) is 36.8 Å². The Kier molecular flexibility index (Phi) is 6.09. The summed E-state index contributed by atoms with van der Waals surface area (Å²) < 4.78 is 7.40. The van der Waals surface area contributed by atoms with E-state index in [-0.39, 0.29) is 12.4 Å². The average molecular weight is 409 g/mol. The van der Waals surface area contributed by atoms with Gasteiger partial charge in [-0.3, -0.25) is 0 Å². The normalized spacial score (nSPS) is 10.6. The van der Waals surface area contributed by atoms with Crippen LogP contribution in [0.1, 0.15) is 17.0 Å². The summed E-state index contributed by atoms with van der Waals surface area (Å²) in [5, 5.41) is 0. The van der Waals surface area contributed by atoms with Gasteiger partial charge in [-0.2, -0.15) is 0 Å². The van der Waals surface area contributed by atoms with Crippen LogP contribution in [0.5, 0.6) is 5.75 Å². The van der Waals surface area contributed by atoms with E-state index in [0.29, 0.717) is 0 Å². The number of rotatable bonds is 5. The maximum atomic E-state index is 5.27. The lowest BCUT2D eigenvalue weighted by molar-refractivity contribution is 0.415. The van der Waals surface area contributed by atoms with Crippen LogP contribution in [-0.2, 0) is 13.5 Å². The van der Waals surface area contributed by atoms with Crippen molar-refractivity contribution >= 4 is 34.9 Å². The Morgan fingerprint density at radius 3 is 2.34 bits per heavy atom. The zero-order valence-electron chi connectivity index (χ0n) is 17.1. The number of aromatic nitrogens is 3. The number of ether oxygens (including phenoxy) is 1. The molecule has 0 amide bonds. The van der Waals surface area contributed by atoms with Crippen LogP contribution >= 0.6 is 12.4 Å². The van der Waals surface area contributed by atoms with Crippen LogP contribution in [-0.4, -0.2) is 28.7 Å². The minimum Gasteiger partial charge on any atom is -0.497 e. The molecule has 29 heavy (non-hydrogen) atoms. The maximum Gasteiger partial charge on any atom is 0.161 e. The van der Waals surface area contributed by atoms with E-state index < -0.39 is 0 Å². The Hall–Kier alpha value is -3.05. The fraction of sp³-hybridized carbons (Fsp3) is 0.217. The van der Waals surface area contributed by atoms with Crippen LogP contribution in [0, 0.1) is 6.92 Å². The summed E-state index contributed by atoms with van der Waals surface area (Å²) in [6, 6.07) is 18.5. The van der Waals surface area contributed by atoms with Gasteiger partial charge in [0, 0.05) is 38.0 Å². The molecule has 150 valence electrons. The van der Waals surface area contributed by atoms with Gasteiger partial charge in [-0.1, -0.05) is 30.3 Å². The van der Waals surface area contributed by atoms with Crippen molar-refractivity contribution in [2.75, 3.05) is 19.1 Å². The van der Waals surface area contributed by atoms with Crippen molar-refractivity contribution in [1.29, 1.82) is 0 Å². The van der Waals surface area contributed by atoms with Gasteiger partial charge in [0.15, 0.2) is 5.82 Å². The van der Waals surface area contributed by atoms with E-state index in [1.165, 1.54) is 11.1 Å². The van der Waals surface area contributed by atoms with Crippen LogP contribution in [0.3, 0.4) is 0 Å². The van der Waals surface area contributed by atoms with Crippen LogP contribution < -0.4 is 9.64 Å². The molecule has 0 saturated carbocycles. The van der Waals surface area contributed by atoms with Crippen molar-refractivity contribution in [2.24, 2.45) is 7.05 Å². The number of anilines is 2. The molecule has 6 heteroatoms. The van der Waals surface area contributed by atoms with Crippen molar-refractivity contribution in [3.05, 3.63) is 77.7 Å². The number of aryl methyl sites for hydroxylation is 2. The Morgan fingerprint density at radius 1 is 1.00 bits per heavy atom. The molecule has 4 rings (SSSR count). The van der Waals surface area contributed by atoms with Crippen molar-refractivity contribution < 1.29 is 4.74 Å². The zero-order chi connectivity index (χ0) is 19.7. The minimum atomic E-state index is 0. The lowest BCUT2D eigenvalue weighted by Crippen LogP contribution is -2.14. The van der Waals surface area contributed by atoms with E-state index in [0.717, 1.165) is 40.5 Å². The molecule has 5 nitrogen and oxygen atoms in total. The van der Waals surface area contributed by atoms with E-state index in [4.69, 9.17) is 14.7 Å². The van der Waals surface area contributed by atoms with Crippen LogP contribution in [0.25, 0.3) is 11.0 Å². The molecule has 0 aliphatic carbocycles. The van der Waals surface area contributed by atoms with Crippen molar-refractivity contribution in [3.8, 4) is 5.75 Å². The highest BCUT2D eigenvalue weighted by Crippen LogP contribution is 2.32. The number of methoxy groups -OCH3 is 1. The molecule has 0 saturated heterocycles. The monoisotopic (exact) mass is 408 g/mol. The predicted molar refractivity (Wildman–Crippen MR) is 121 cm³/mol. The van der Waals surface area contributed by atoms with Gasteiger partial charge >= 0.3 is 0 Å². The fourth-order valence-electron chi connectivity index (χ4n) is 3.57. The second kappa shape index (κ2) is 8.53. The second-order valence-electron chi connectivity index (χ2n) is 6.98. The molecule has 0 N–H and O–H groups in total. The summed E-state index contributed by atoms with van der Waals surface area (Å²) in [5.41, 5.74) is 5.57. The van der Waals surface area contributed by atoms with E-state index >= 15 is 0 Å². The highest BCUT2D eigenvalue weighted by molar-refractivity contribution is 5.91. The molecule has 2 aromatic carbocycles. The van der Waals surface area contributed by atoms with Gasteiger partial charge in [0.25, 0.3) is 0 Å². The van der Waals surface area contributed by atoms with Gasteiger partial charge < -0.3 is 14.2 Å². The van der Waals surface area contributed by atoms with Crippen molar-refractivity contribution in [3.63, 3.8) is 0 Å².